The van der Waals surface area contributed by atoms with E-state index in [2.05, 4.69) is 19.8 Å². The van der Waals surface area contributed by atoms with Crippen LogP contribution in [0.5, 0.6) is 0 Å². The van der Waals surface area contributed by atoms with E-state index in [9.17, 15) is 8.42 Å². The van der Waals surface area contributed by atoms with Gasteiger partial charge in [0.2, 0.25) is 10.0 Å². The fourth-order valence-electron chi connectivity index (χ4n) is 2.87. The predicted octanol–water partition coefficient (Wildman–Crippen LogP) is 1.35. The third kappa shape index (κ3) is 3.22. The first kappa shape index (κ1) is 16.7. The zero-order chi connectivity index (χ0) is 17.3. The van der Waals surface area contributed by atoms with Crippen LogP contribution in [-0.2, 0) is 16.6 Å². The third-order valence-electron chi connectivity index (χ3n) is 4.06. The summed E-state index contributed by atoms with van der Waals surface area (Å²) in [5.74, 6) is 0.869. The smallest absolute Gasteiger partial charge is 0.248 e. The summed E-state index contributed by atoms with van der Waals surface area (Å²) in [7, 11) is -3.80. The van der Waals surface area contributed by atoms with Crippen molar-refractivity contribution in [3.8, 4) is 0 Å². The molecule has 1 saturated heterocycles. The number of sulfonamides is 1. The SMILES string of the molecule is Cc1ccc(CNS(=O)(=O)c2c(N)noc2C)c(N2CCCC2)n1. The molecule has 0 aromatic carbocycles. The van der Waals surface area contributed by atoms with Gasteiger partial charge in [0, 0.05) is 30.9 Å². The Kier molecular flexibility index (Phi) is 4.46. The number of hydrogen-bond donors (Lipinski definition) is 2. The van der Waals surface area contributed by atoms with E-state index in [1.165, 1.54) is 6.92 Å². The first-order valence-electron chi connectivity index (χ1n) is 7.81. The minimum absolute atomic E-state index is 0.106. The lowest BCUT2D eigenvalue weighted by Crippen LogP contribution is -2.27. The summed E-state index contributed by atoms with van der Waals surface area (Å²) in [5, 5.41) is 3.49. The maximum atomic E-state index is 12.5. The van der Waals surface area contributed by atoms with Crippen LogP contribution in [0.3, 0.4) is 0 Å². The Balaban J connectivity index is 1.84. The van der Waals surface area contributed by atoms with Gasteiger partial charge in [0.25, 0.3) is 0 Å². The van der Waals surface area contributed by atoms with Crippen molar-refractivity contribution in [2.24, 2.45) is 0 Å². The molecule has 0 spiro atoms. The average molecular weight is 351 g/mol. The van der Waals surface area contributed by atoms with Crippen molar-refractivity contribution in [1.29, 1.82) is 0 Å². The minimum Gasteiger partial charge on any atom is -0.380 e. The molecule has 0 radical (unpaired) electrons. The van der Waals surface area contributed by atoms with Gasteiger partial charge in [0.05, 0.1) is 0 Å². The van der Waals surface area contributed by atoms with E-state index in [-0.39, 0.29) is 23.0 Å². The van der Waals surface area contributed by atoms with Gasteiger partial charge in [0.15, 0.2) is 16.5 Å². The first-order valence-corrected chi connectivity index (χ1v) is 9.29. The Labute approximate surface area is 141 Å². The molecule has 9 heteroatoms. The molecule has 8 nitrogen and oxygen atoms in total. The van der Waals surface area contributed by atoms with Gasteiger partial charge < -0.3 is 15.2 Å². The van der Waals surface area contributed by atoms with Gasteiger partial charge in [-0.1, -0.05) is 11.2 Å². The Morgan fingerprint density at radius 3 is 2.62 bits per heavy atom. The number of nitrogens with one attached hydrogen (secondary N) is 1. The molecule has 0 bridgehead atoms. The van der Waals surface area contributed by atoms with Crippen molar-refractivity contribution in [3.05, 3.63) is 29.2 Å². The number of nitrogens with two attached hydrogens (primary N) is 1. The molecule has 0 saturated carbocycles. The fraction of sp³-hybridized carbons (Fsp3) is 0.467. The zero-order valence-electron chi connectivity index (χ0n) is 13.7. The Morgan fingerprint density at radius 1 is 1.29 bits per heavy atom. The predicted molar refractivity (Wildman–Crippen MR) is 90.1 cm³/mol. The normalized spacial score (nSPS) is 15.2. The molecule has 130 valence electrons. The molecular weight excluding hydrogens is 330 g/mol. The topological polar surface area (TPSA) is 114 Å². The van der Waals surface area contributed by atoms with Gasteiger partial charge >= 0.3 is 0 Å². The molecule has 0 amide bonds. The summed E-state index contributed by atoms with van der Waals surface area (Å²) >= 11 is 0. The highest BCUT2D eigenvalue weighted by atomic mass is 32.2. The molecule has 0 atom stereocenters. The summed E-state index contributed by atoms with van der Waals surface area (Å²) < 4.78 is 32.4. The van der Waals surface area contributed by atoms with E-state index in [0.29, 0.717) is 0 Å². The first-order chi connectivity index (χ1) is 11.4. The number of aryl methyl sites for hydroxylation is 2. The Hall–Kier alpha value is -2.13. The lowest BCUT2D eigenvalue weighted by molar-refractivity contribution is 0.396. The number of pyridine rings is 1. The maximum Gasteiger partial charge on any atom is 0.248 e. The molecule has 0 aliphatic carbocycles. The van der Waals surface area contributed by atoms with Crippen LogP contribution in [0.15, 0.2) is 21.6 Å². The molecule has 1 aliphatic rings. The highest BCUT2D eigenvalue weighted by molar-refractivity contribution is 7.89. The van der Waals surface area contributed by atoms with Gasteiger partial charge in [-0.3, -0.25) is 0 Å². The second-order valence-electron chi connectivity index (χ2n) is 5.91. The molecule has 3 heterocycles. The average Bonchev–Trinajstić information content (AvgIpc) is 3.16. The minimum atomic E-state index is -3.80. The second-order valence-corrected chi connectivity index (χ2v) is 7.61. The van der Waals surface area contributed by atoms with E-state index < -0.39 is 10.0 Å². The van der Waals surface area contributed by atoms with Crippen LogP contribution in [0.4, 0.5) is 11.6 Å². The molecule has 24 heavy (non-hydrogen) atoms. The Bertz CT molecular complexity index is 821. The van der Waals surface area contributed by atoms with Crippen LogP contribution in [0.25, 0.3) is 0 Å². The van der Waals surface area contributed by atoms with Crippen LogP contribution >= 0.6 is 0 Å². The van der Waals surface area contributed by atoms with Gasteiger partial charge in [-0.05, 0) is 32.8 Å². The largest absolute Gasteiger partial charge is 0.380 e. The number of nitrogen functional groups attached to an aromatic ring is 1. The summed E-state index contributed by atoms with van der Waals surface area (Å²) in [5.41, 5.74) is 7.34. The highest BCUT2D eigenvalue weighted by Crippen LogP contribution is 2.25. The van der Waals surface area contributed by atoms with Gasteiger partial charge in [-0.15, -0.1) is 0 Å². The fourth-order valence-corrected chi connectivity index (χ4v) is 4.08. The van der Waals surface area contributed by atoms with Crippen molar-refractivity contribution < 1.29 is 12.9 Å². The molecule has 1 fully saturated rings. The van der Waals surface area contributed by atoms with E-state index in [0.717, 1.165) is 43.0 Å². The van der Waals surface area contributed by atoms with Crippen molar-refractivity contribution in [1.82, 2.24) is 14.9 Å². The van der Waals surface area contributed by atoms with Gasteiger partial charge in [-0.2, -0.15) is 0 Å². The van der Waals surface area contributed by atoms with E-state index in [1.54, 1.807) is 0 Å². The van der Waals surface area contributed by atoms with Crippen molar-refractivity contribution in [2.45, 2.75) is 38.1 Å². The third-order valence-corrected chi connectivity index (χ3v) is 5.61. The van der Waals surface area contributed by atoms with Gasteiger partial charge in [-0.25, -0.2) is 18.1 Å². The van der Waals surface area contributed by atoms with Gasteiger partial charge in [0.1, 0.15) is 5.82 Å². The number of anilines is 2. The lowest BCUT2D eigenvalue weighted by atomic mass is 10.2. The lowest BCUT2D eigenvalue weighted by Gasteiger charge is -2.20. The summed E-state index contributed by atoms with van der Waals surface area (Å²) in [4.78, 5) is 6.67. The second kappa shape index (κ2) is 6.40. The standard InChI is InChI=1S/C15H21N5O3S/c1-10-5-6-12(15(18-10)20-7-3-4-8-20)9-17-24(21,22)13-11(2)23-19-14(13)16/h5-6,17H,3-4,7-9H2,1-2H3,(H2,16,19). The molecule has 1 aliphatic heterocycles. The van der Waals surface area contributed by atoms with E-state index in [4.69, 9.17) is 10.3 Å². The van der Waals surface area contributed by atoms with Crippen molar-refractivity contribution in [2.75, 3.05) is 23.7 Å². The number of aromatic nitrogens is 2. The summed E-state index contributed by atoms with van der Waals surface area (Å²) in [6.45, 7) is 5.45. The van der Waals surface area contributed by atoms with Crippen LogP contribution in [0.1, 0.15) is 29.9 Å². The quantitative estimate of drug-likeness (QED) is 0.835. The summed E-state index contributed by atoms with van der Waals surface area (Å²) in [6, 6.07) is 3.78. The monoisotopic (exact) mass is 351 g/mol. The zero-order valence-corrected chi connectivity index (χ0v) is 14.6. The maximum absolute atomic E-state index is 12.5. The number of nitrogens with zero attached hydrogens (tertiary/aromatic N) is 3. The van der Waals surface area contributed by atoms with Crippen LogP contribution in [0.2, 0.25) is 0 Å². The van der Waals surface area contributed by atoms with Crippen LogP contribution in [-0.4, -0.2) is 31.6 Å². The highest BCUT2D eigenvalue weighted by Gasteiger charge is 2.26. The molecule has 2 aromatic rings. The molecular formula is C15H21N5O3S. The molecule has 3 N–H and O–H groups in total. The number of rotatable bonds is 5. The van der Waals surface area contributed by atoms with E-state index >= 15 is 0 Å². The van der Waals surface area contributed by atoms with E-state index in [1.807, 2.05) is 19.1 Å². The summed E-state index contributed by atoms with van der Waals surface area (Å²) in [6.07, 6.45) is 2.24. The number of hydrogen-bond acceptors (Lipinski definition) is 7. The molecule has 2 aromatic heterocycles. The Morgan fingerprint density at radius 2 is 2.00 bits per heavy atom. The molecule has 3 rings (SSSR count). The van der Waals surface area contributed by atoms with Crippen LogP contribution < -0.4 is 15.4 Å². The van der Waals surface area contributed by atoms with Crippen molar-refractivity contribution >= 4 is 21.7 Å². The van der Waals surface area contributed by atoms with Crippen LogP contribution in [0, 0.1) is 13.8 Å². The van der Waals surface area contributed by atoms with Crippen molar-refractivity contribution in [3.63, 3.8) is 0 Å². The molecule has 0 unspecified atom stereocenters.